The Bertz CT molecular complexity index is 825. The molecule has 0 bridgehead atoms. The van der Waals surface area contributed by atoms with Crippen LogP contribution in [0.1, 0.15) is 36.2 Å². The fraction of sp³-hybridized carbons (Fsp3) is 0.412. The van der Waals surface area contributed by atoms with Crippen LogP contribution in [-0.4, -0.2) is 20.6 Å². The zero-order chi connectivity index (χ0) is 18.2. The fourth-order valence-corrected chi connectivity index (χ4v) is 3.46. The topological polar surface area (TPSA) is 90.1 Å². The van der Waals surface area contributed by atoms with Crippen LogP contribution in [0.5, 0.6) is 0 Å². The molecule has 1 aliphatic carbocycles. The van der Waals surface area contributed by atoms with Crippen LogP contribution in [-0.2, 0) is 16.9 Å². The SMILES string of the molecule is Cc1nn(CC(=O)NC2(c3ccc(Cl)cc3)CCC2)c(C)c1[N+](=O)[O-]. The predicted molar refractivity (Wildman–Crippen MR) is 93.5 cm³/mol. The Balaban J connectivity index is 1.77. The van der Waals surface area contributed by atoms with E-state index in [2.05, 4.69) is 10.4 Å². The van der Waals surface area contributed by atoms with Crippen LogP contribution in [0.25, 0.3) is 0 Å². The van der Waals surface area contributed by atoms with Crippen molar-refractivity contribution in [1.29, 1.82) is 0 Å². The highest BCUT2D eigenvalue weighted by Crippen LogP contribution is 2.41. The van der Waals surface area contributed by atoms with Crippen molar-refractivity contribution in [2.45, 2.75) is 45.2 Å². The average Bonchev–Trinajstić information content (AvgIpc) is 2.78. The number of halogens is 1. The fourth-order valence-electron chi connectivity index (χ4n) is 3.33. The highest BCUT2D eigenvalue weighted by Gasteiger charge is 2.40. The summed E-state index contributed by atoms with van der Waals surface area (Å²) in [5, 5.41) is 18.9. The standard InChI is InChI=1S/C17H19ClN4O3/c1-11-16(22(24)25)12(2)21(20-11)10-15(23)19-17(8-3-9-17)13-4-6-14(18)7-5-13/h4-7H,3,8-10H2,1-2H3,(H,19,23). The zero-order valence-electron chi connectivity index (χ0n) is 14.1. The summed E-state index contributed by atoms with van der Waals surface area (Å²) >= 11 is 5.94. The maximum absolute atomic E-state index is 12.5. The van der Waals surface area contributed by atoms with Gasteiger partial charge in [0.2, 0.25) is 5.91 Å². The molecule has 132 valence electrons. The lowest BCUT2D eigenvalue weighted by Crippen LogP contribution is -2.51. The molecular weight excluding hydrogens is 344 g/mol. The first-order chi connectivity index (χ1) is 11.8. The second kappa shape index (κ2) is 6.48. The monoisotopic (exact) mass is 362 g/mol. The Morgan fingerprint density at radius 1 is 1.36 bits per heavy atom. The number of nitrogens with zero attached hydrogens (tertiary/aromatic N) is 3. The molecule has 1 aromatic heterocycles. The number of amides is 1. The molecule has 0 aliphatic heterocycles. The molecular formula is C17H19ClN4O3. The lowest BCUT2D eigenvalue weighted by atomic mass is 9.72. The van der Waals surface area contributed by atoms with Gasteiger partial charge in [-0.2, -0.15) is 5.10 Å². The van der Waals surface area contributed by atoms with Crippen molar-refractivity contribution < 1.29 is 9.72 Å². The number of carbonyl (C=O) groups is 1. The zero-order valence-corrected chi connectivity index (χ0v) is 14.8. The normalized spacial score (nSPS) is 15.5. The number of hydrogen-bond donors (Lipinski definition) is 1. The third-order valence-corrected chi connectivity index (χ3v) is 5.05. The number of aryl methyl sites for hydroxylation is 1. The lowest BCUT2D eigenvalue weighted by molar-refractivity contribution is -0.386. The molecule has 1 fully saturated rings. The summed E-state index contributed by atoms with van der Waals surface area (Å²) in [6.07, 6.45) is 2.75. The Kier molecular flexibility index (Phi) is 4.51. The maximum Gasteiger partial charge on any atom is 0.312 e. The van der Waals surface area contributed by atoms with Crippen LogP contribution in [0.3, 0.4) is 0 Å². The first-order valence-electron chi connectivity index (χ1n) is 8.08. The number of rotatable bonds is 5. The third kappa shape index (κ3) is 3.24. The molecule has 0 spiro atoms. The molecule has 0 saturated heterocycles. The van der Waals surface area contributed by atoms with Crippen molar-refractivity contribution in [2.24, 2.45) is 0 Å². The Morgan fingerprint density at radius 2 is 2.00 bits per heavy atom. The van der Waals surface area contributed by atoms with E-state index in [4.69, 9.17) is 11.6 Å². The first-order valence-corrected chi connectivity index (χ1v) is 8.46. The number of hydrogen-bond acceptors (Lipinski definition) is 4. The number of nitro groups is 1. The minimum Gasteiger partial charge on any atom is -0.345 e. The van der Waals surface area contributed by atoms with E-state index in [1.165, 1.54) is 4.68 Å². The van der Waals surface area contributed by atoms with Gasteiger partial charge in [-0.3, -0.25) is 19.6 Å². The van der Waals surface area contributed by atoms with Crippen LogP contribution < -0.4 is 5.32 Å². The summed E-state index contributed by atoms with van der Waals surface area (Å²) in [6.45, 7) is 3.13. The molecule has 1 aliphatic rings. The van der Waals surface area contributed by atoms with Gasteiger partial charge in [-0.05, 0) is 50.8 Å². The van der Waals surface area contributed by atoms with E-state index in [0.717, 1.165) is 24.8 Å². The minimum atomic E-state index is -0.465. The second-order valence-electron chi connectivity index (χ2n) is 6.42. The summed E-state index contributed by atoms with van der Waals surface area (Å²) in [7, 11) is 0. The van der Waals surface area contributed by atoms with Crippen molar-refractivity contribution in [3.63, 3.8) is 0 Å². The van der Waals surface area contributed by atoms with Crippen molar-refractivity contribution in [3.8, 4) is 0 Å². The van der Waals surface area contributed by atoms with Gasteiger partial charge in [-0.1, -0.05) is 23.7 Å². The van der Waals surface area contributed by atoms with Crippen LogP contribution in [0.4, 0.5) is 5.69 Å². The Labute approximate surface area is 150 Å². The smallest absolute Gasteiger partial charge is 0.312 e. The molecule has 7 nitrogen and oxygen atoms in total. The van der Waals surface area contributed by atoms with Crippen LogP contribution in [0.15, 0.2) is 24.3 Å². The molecule has 1 N–H and O–H groups in total. The summed E-state index contributed by atoms with van der Waals surface area (Å²) in [6, 6.07) is 7.48. The van der Waals surface area contributed by atoms with Crippen LogP contribution >= 0.6 is 11.6 Å². The molecule has 2 aromatic rings. The van der Waals surface area contributed by atoms with E-state index in [1.54, 1.807) is 13.8 Å². The van der Waals surface area contributed by atoms with Crippen molar-refractivity contribution in [3.05, 3.63) is 56.4 Å². The van der Waals surface area contributed by atoms with Gasteiger partial charge in [0.25, 0.3) is 0 Å². The number of aromatic nitrogens is 2. The molecule has 1 heterocycles. The predicted octanol–water partition coefficient (Wildman–Crippen LogP) is 3.26. The van der Waals surface area contributed by atoms with E-state index in [-0.39, 0.29) is 23.7 Å². The molecule has 1 saturated carbocycles. The minimum absolute atomic E-state index is 0.0381. The van der Waals surface area contributed by atoms with E-state index in [9.17, 15) is 14.9 Å². The van der Waals surface area contributed by atoms with Crippen LogP contribution in [0, 0.1) is 24.0 Å². The maximum atomic E-state index is 12.5. The molecule has 1 aromatic carbocycles. The molecule has 0 atom stereocenters. The Morgan fingerprint density at radius 3 is 2.48 bits per heavy atom. The summed E-state index contributed by atoms with van der Waals surface area (Å²) in [5.74, 6) is -0.213. The van der Waals surface area contributed by atoms with Gasteiger partial charge in [0, 0.05) is 5.02 Å². The van der Waals surface area contributed by atoms with Crippen molar-refractivity contribution in [2.75, 3.05) is 0 Å². The number of benzene rings is 1. The second-order valence-corrected chi connectivity index (χ2v) is 6.86. The van der Waals surface area contributed by atoms with Gasteiger partial charge in [-0.25, -0.2) is 0 Å². The highest BCUT2D eigenvalue weighted by molar-refractivity contribution is 6.30. The quantitative estimate of drug-likeness (QED) is 0.653. The van der Waals surface area contributed by atoms with E-state index < -0.39 is 4.92 Å². The van der Waals surface area contributed by atoms with Gasteiger partial charge in [0.05, 0.1) is 10.5 Å². The number of nitrogens with one attached hydrogen (secondary N) is 1. The van der Waals surface area contributed by atoms with Crippen molar-refractivity contribution in [1.82, 2.24) is 15.1 Å². The Hall–Kier alpha value is -2.41. The van der Waals surface area contributed by atoms with Gasteiger partial charge in [0.1, 0.15) is 17.9 Å². The molecule has 1 amide bonds. The third-order valence-electron chi connectivity index (χ3n) is 4.80. The summed E-state index contributed by atoms with van der Waals surface area (Å²) in [5.41, 5.74) is 1.29. The van der Waals surface area contributed by atoms with Crippen LogP contribution in [0.2, 0.25) is 5.02 Å². The van der Waals surface area contributed by atoms with E-state index in [1.807, 2.05) is 24.3 Å². The van der Waals surface area contributed by atoms with E-state index >= 15 is 0 Å². The highest BCUT2D eigenvalue weighted by atomic mass is 35.5. The average molecular weight is 363 g/mol. The lowest BCUT2D eigenvalue weighted by Gasteiger charge is -2.43. The number of carbonyl (C=O) groups excluding carboxylic acids is 1. The molecule has 8 heteroatoms. The van der Waals surface area contributed by atoms with Crippen molar-refractivity contribution >= 4 is 23.2 Å². The van der Waals surface area contributed by atoms with E-state index in [0.29, 0.717) is 16.4 Å². The largest absolute Gasteiger partial charge is 0.345 e. The van der Waals surface area contributed by atoms with Gasteiger partial charge in [0.15, 0.2) is 0 Å². The summed E-state index contributed by atoms with van der Waals surface area (Å²) in [4.78, 5) is 23.2. The molecule has 25 heavy (non-hydrogen) atoms. The molecule has 0 radical (unpaired) electrons. The van der Waals surface area contributed by atoms with Gasteiger partial charge in [-0.15, -0.1) is 0 Å². The van der Waals surface area contributed by atoms with Gasteiger partial charge >= 0.3 is 5.69 Å². The molecule has 0 unspecified atom stereocenters. The molecule has 3 rings (SSSR count). The van der Waals surface area contributed by atoms with Gasteiger partial charge < -0.3 is 5.32 Å². The summed E-state index contributed by atoms with van der Waals surface area (Å²) < 4.78 is 1.39. The first kappa shape index (κ1) is 17.4.